The minimum Gasteiger partial charge on any atom is -0.461 e. The van der Waals surface area contributed by atoms with Crippen LogP contribution in [-0.2, 0) is 9.53 Å². The molecule has 2 atom stereocenters. The number of fused-ring (bicyclic) bond motifs is 1. The Balaban J connectivity index is 1.64. The van der Waals surface area contributed by atoms with Crippen molar-refractivity contribution in [1.29, 1.82) is 0 Å². The highest BCUT2D eigenvalue weighted by atomic mass is 35.5. The van der Waals surface area contributed by atoms with Gasteiger partial charge in [-0.25, -0.2) is 24.0 Å². The average molecular weight is 502 g/mol. The lowest BCUT2D eigenvalue weighted by Gasteiger charge is -2.20. The van der Waals surface area contributed by atoms with Gasteiger partial charge >= 0.3 is 0 Å². The zero-order valence-electron chi connectivity index (χ0n) is 18.4. The predicted molar refractivity (Wildman–Crippen MR) is 126 cm³/mol. The summed E-state index contributed by atoms with van der Waals surface area (Å²) in [6.07, 6.45) is 1.92. The summed E-state index contributed by atoms with van der Waals surface area (Å²) >= 11 is 6.32. The highest BCUT2D eigenvalue weighted by Gasteiger charge is 2.25. The number of aliphatic hydroxyl groups excluding tert-OH is 1. The van der Waals surface area contributed by atoms with E-state index in [1.54, 1.807) is 25.1 Å². The lowest BCUT2D eigenvalue weighted by Crippen LogP contribution is -2.38. The van der Waals surface area contributed by atoms with Crippen molar-refractivity contribution >= 4 is 40.0 Å². The number of nitrogens with zero attached hydrogens (tertiary/aromatic N) is 5. The normalized spacial score (nSPS) is 12.9. The van der Waals surface area contributed by atoms with E-state index in [0.717, 1.165) is 12.3 Å². The quantitative estimate of drug-likeness (QED) is 0.293. The molecule has 0 saturated heterocycles. The Labute approximate surface area is 203 Å². The van der Waals surface area contributed by atoms with Crippen LogP contribution < -0.4 is 15.8 Å². The molecule has 35 heavy (non-hydrogen) atoms. The van der Waals surface area contributed by atoms with Gasteiger partial charge in [0.05, 0.1) is 42.4 Å². The lowest BCUT2D eigenvalue weighted by atomic mass is 10.2. The Hall–Kier alpha value is -3.87. The van der Waals surface area contributed by atoms with Gasteiger partial charge in [-0.2, -0.15) is 5.10 Å². The van der Waals surface area contributed by atoms with E-state index in [9.17, 15) is 14.3 Å². The standard InChI is InChI=1S/C22H21ClFN7O4/c1-12(9-32)34-10-17(21(33)30-18-6-5-13(24)7-26-18)35-22-14-8-29-31(20(14)27-11-28-22)19-15(23)3-2-4-16(19)25/h2-8,11-12,17,32H,9-10,25H2,1H3,(H,26,30,33)/t12-,17+/m1/s1. The SMILES string of the molecule is C[C@H](CO)OC[C@H](Oc1ncnc2c1cnn2-c1c(N)cccc1Cl)C(=O)Nc1ccc(F)cn1. The fraction of sp³-hybridized carbons (Fsp3) is 0.227. The highest BCUT2D eigenvalue weighted by Crippen LogP contribution is 2.30. The van der Waals surface area contributed by atoms with Crippen LogP contribution in [-0.4, -0.2) is 61.2 Å². The summed E-state index contributed by atoms with van der Waals surface area (Å²) in [4.78, 5) is 25.2. The average Bonchev–Trinajstić information content (AvgIpc) is 3.27. The Morgan fingerprint density at radius 1 is 1.26 bits per heavy atom. The molecule has 0 fully saturated rings. The third-order valence-electron chi connectivity index (χ3n) is 4.87. The number of anilines is 2. The molecule has 0 aliphatic rings. The molecule has 0 aliphatic carbocycles. The highest BCUT2D eigenvalue weighted by molar-refractivity contribution is 6.33. The number of rotatable bonds is 9. The lowest BCUT2D eigenvalue weighted by molar-refractivity contribution is -0.127. The van der Waals surface area contributed by atoms with E-state index in [1.807, 2.05) is 0 Å². The van der Waals surface area contributed by atoms with Gasteiger partial charge in [0, 0.05) is 0 Å². The van der Waals surface area contributed by atoms with Crippen LogP contribution in [0.25, 0.3) is 16.7 Å². The summed E-state index contributed by atoms with van der Waals surface area (Å²) in [5.74, 6) is -0.992. The van der Waals surface area contributed by atoms with E-state index in [0.29, 0.717) is 27.4 Å². The molecular formula is C22H21ClFN7O4. The minimum absolute atomic E-state index is 0.0549. The number of halogens is 2. The number of aromatic nitrogens is 5. The summed E-state index contributed by atoms with van der Waals surface area (Å²) in [6.45, 7) is 1.17. The molecule has 4 N–H and O–H groups in total. The minimum atomic E-state index is -1.21. The third kappa shape index (κ3) is 5.45. The Morgan fingerprint density at radius 3 is 2.80 bits per heavy atom. The fourth-order valence-corrected chi connectivity index (χ4v) is 3.36. The van der Waals surface area contributed by atoms with E-state index in [4.69, 9.17) is 26.8 Å². The van der Waals surface area contributed by atoms with E-state index < -0.39 is 23.9 Å². The molecule has 0 bridgehead atoms. The molecule has 182 valence electrons. The monoisotopic (exact) mass is 501 g/mol. The van der Waals surface area contributed by atoms with Gasteiger partial charge in [-0.1, -0.05) is 17.7 Å². The van der Waals surface area contributed by atoms with Gasteiger partial charge in [0.15, 0.2) is 5.65 Å². The maximum Gasteiger partial charge on any atom is 0.269 e. The summed E-state index contributed by atoms with van der Waals surface area (Å²) in [6, 6.07) is 7.52. The second-order valence-corrected chi connectivity index (χ2v) is 7.84. The molecule has 13 heteroatoms. The first-order valence-electron chi connectivity index (χ1n) is 10.4. The zero-order valence-corrected chi connectivity index (χ0v) is 19.2. The number of hydrogen-bond acceptors (Lipinski definition) is 9. The number of amides is 1. The van der Waals surface area contributed by atoms with Crippen LogP contribution in [0.1, 0.15) is 6.92 Å². The van der Waals surface area contributed by atoms with Gasteiger partial charge in [-0.05, 0) is 31.2 Å². The van der Waals surface area contributed by atoms with Crippen LogP contribution >= 0.6 is 11.6 Å². The van der Waals surface area contributed by atoms with Crippen LogP contribution in [0.3, 0.4) is 0 Å². The maximum absolute atomic E-state index is 13.2. The first-order valence-corrected chi connectivity index (χ1v) is 10.8. The largest absolute Gasteiger partial charge is 0.461 e. The Kier molecular flexibility index (Phi) is 7.34. The molecule has 0 unspecified atom stereocenters. The van der Waals surface area contributed by atoms with Crippen molar-refractivity contribution in [1.82, 2.24) is 24.7 Å². The number of para-hydroxylation sites is 1. The molecule has 3 heterocycles. The van der Waals surface area contributed by atoms with Gasteiger partial charge in [-0.3, -0.25) is 4.79 Å². The molecule has 11 nitrogen and oxygen atoms in total. The second-order valence-electron chi connectivity index (χ2n) is 7.43. The molecular weight excluding hydrogens is 481 g/mol. The van der Waals surface area contributed by atoms with Gasteiger partial charge in [0.2, 0.25) is 12.0 Å². The van der Waals surface area contributed by atoms with Crippen LogP contribution in [0, 0.1) is 5.82 Å². The number of ether oxygens (including phenoxy) is 2. The molecule has 0 aliphatic heterocycles. The number of carbonyl (C=O) groups excluding carboxylic acids is 1. The van der Waals surface area contributed by atoms with Crippen LogP contribution in [0.15, 0.2) is 49.1 Å². The van der Waals surface area contributed by atoms with Crippen molar-refractivity contribution in [3.05, 3.63) is 59.9 Å². The Bertz CT molecular complexity index is 1320. The van der Waals surface area contributed by atoms with Crippen LogP contribution in [0.4, 0.5) is 15.9 Å². The van der Waals surface area contributed by atoms with Crippen molar-refractivity contribution < 1.29 is 23.8 Å². The van der Waals surface area contributed by atoms with Gasteiger partial charge in [0.25, 0.3) is 5.91 Å². The number of hydrogen-bond donors (Lipinski definition) is 3. The Morgan fingerprint density at radius 2 is 2.09 bits per heavy atom. The van der Waals surface area contributed by atoms with Crippen molar-refractivity contribution in [2.24, 2.45) is 0 Å². The number of nitrogens with one attached hydrogen (secondary N) is 1. The third-order valence-corrected chi connectivity index (χ3v) is 5.18. The first kappa shape index (κ1) is 24.3. The van der Waals surface area contributed by atoms with Gasteiger partial charge < -0.3 is 25.6 Å². The number of nitrogen functional groups attached to an aromatic ring is 1. The topological polar surface area (TPSA) is 150 Å². The molecule has 1 aromatic carbocycles. The van der Waals surface area contributed by atoms with Crippen molar-refractivity contribution in [2.45, 2.75) is 19.1 Å². The molecule has 4 rings (SSSR count). The second kappa shape index (κ2) is 10.6. The van der Waals surface area contributed by atoms with Crippen molar-refractivity contribution in [3.63, 3.8) is 0 Å². The fourth-order valence-electron chi connectivity index (χ4n) is 3.09. The van der Waals surface area contributed by atoms with Gasteiger partial charge in [-0.15, -0.1) is 0 Å². The zero-order chi connectivity index (χ0) is 24.9. The molecule has 0 saturated carbocycles. The smallest absolute Gasteiger partial charge is 0.269 e. The molecule has 0 spiro atoms. The molecule has 1 amide bonds. The van der Waals surface area contributed by atoms with Crippen molar-refractivity contribution in [3.8, 4) is 11.6 Å². The molecule has 0 radical (unpaired) electrons. The summed E-state index contributed by atoms with van der Waals surface area (Å²) in [5, 5.41) is 16.9. The van der Waals surface area contributed by atoms with Crippen LogP contribution in [0.2, 0.25) is 5.02 Å². The van der Waals surface area contributed by atoms with Crippen molar-refractivity contribution in [2.75, 3.05) is 24.3 Å². The van der Waals surface area contributed by atoms with Gasteiger partial charge in [0.1, 0.15) is 29.0 Å². The summed E-state index contributed by atoms with van der Waals surface area (Å²) in [5.41, 5.74) is 7.26. The molecule has 3 aromatic heterocycles. The number of carbonyl (C=O) groups is 1. The van der Waals surface area contributed by atoms with E-state index in [2.05, 4.69) is 25.4 Å². The maximum atomic E-state index is 13.2. The molecule has 4 aromatic rings. The van der Waals surface area contributed by atoms with E-state index in [1.165, 1.54) is 23.3 Å². The summed E-state index contributed by atoms with van der Waals surface area (Å²) in [7, 11) is 0. The van der Waals surface area contributed by atoms with E-state index >= 15 is 0 Å². The van der Waals surface area contributed by atoms with Crippen LogP contribution in [0.5, 0.6) is 5.88 Å². The number of pyridine rings is 1. The number of benzene rings is 1. The predicted octanol–water partition coefficient (Wildman–Crippen LogP) is 2.37. The first-order chi connectivity index (χ1) is 16.9. The summed E-state index contributed by atoms with van der Waals surface area (Å²) < 4.78 is 26.0. The number of nitrogens with two attached hydrogens (primary N) is 1. The van der Waals surface area contributed by atoms with E-state index in [-0.39, 0.29) is 24.9 Å². The number of aliphatic hydroxyl groups is 1.